The van der Waals surface area contributed by atoms with Crippen molar-refractivity contribution in [1.29, 1.82) is 0 Å². The molecule has 4 heteroatoms. The van der Waals surface area contributed by atoms with Crippen molar-refractivity contribution in [2.45, 2.75) is 52.2 Å². The molecule has 1 aromatic rings. The van der Waals surface area contributed by atoms with Gasteiger partial charge in [0.2, 0.25) is 5.88 Å². The smallest absolute Gasteiger partial charge is 0.232 e. The summed E-state index contributed by atoms with van der Waals surface area (Å²) >= 11 is 0. The molecule has 16 heavy (non-hydrogen) atoms. The van der Waals surface area contributed by atoms with E-state index < -0.39 is 0 Å². The van der Waals surface area contributed by atoms with Gasteiger partial charge in [-0.2, -0.15) is 0 Å². The predicted molar refractivity (Wildman–Crippen MR) is 64.4 cm³/mol. The van der Waals surface area contributed by atoms with E-state index in [2.05, 4.69) is 16.9 Å². The second-order valence-electron chi connectivity index (χ2n) is 4.27. The van der Waals surface area contributed by atoms with Gasteiger partial charge in [-0.25, -0.2) is 4.98 Å². The van der Waals surface area contributed by atoms with E-state index >= 15 is 0 Å². The first kappa shape index (κ1) is 12.9. The Morgan fingerprint density at radius 3 is 2.75 bits per heavy atom. The molecule has 0 spiro atoms. The highest BCUT2D eigenvalue weighted by Gasteiger charge is 2.06. The van der Waals surface area contributed by atoms with Crippen LogP contribution in [0.3, 0.4) is 0 Å². The molecular formula is C12H21N3O. The molecule has 1 unspecified atom stereocenters. The van der Waals surface area contributed by atoms with E-state index in [1.807, 2.05) is 13.8 Å². The van der Waals surface area contributed by atoms with Gasteiger partial charge in [-0.1, -0.05) is 13.3 Å². The van der Waals surface area contributed by atoms with E-state index in [1.165, 1.54) is 0 Å². The van der Waals surface area contributed by atoms with Crippen LogP contribution in [-0.4, -0.2) is 22.1 Å². The summed E-state index contributed by atoms with van der Waals surface area (Å²) in [5, 5.41) is 0. The minimum Gasteiger partial charge on any atom is -0.474 e. The maximum Gasteiger partial charge on any atom is 0.232 e. The Labute approximate surface area is 97.2 Å². The summed E-state index contributed by atoms with van der Waals surface area (Å²) in [6.07, 6.45) is 6.37. The highest BCUT2D eigenvalue weighted by atomic mass is 16.5. The van der Waals surface area contributed by atoms with Crippen molar-refractivity contribution in [2.24, 2.45) is 5.73 Å². The minimum atomic E-state index is 0.119. The Kier molecular flexibility index (Phi) is 5.19. The molecule has 0 radical (unpaired) electrons. The molecule has 0 fully saturated rings. The fourth-order valence-corrected chi connectivity index (χ4v) is 1.52. The summed E-state index contributed by atoms with van der Waals surface area (Å²) in [6.45, 7) is 6.07. The van der Waals surface area contributed by atoms with E-state index in [9.17, 15) is 0 Å². The number of hydrogen-bond donors (Lipinski definition) is 1. The molecule has 0 aliphatic heterocycles. The van der Waals surface area contributed by atoms with Gasteiger partial charge in [-0.05, 0) is 20.3 Å². The lowest BCUT2D eigenvalue weighted by Gasteiger charge is -2.11. The Morgan fingerprint density at radius 2 is 2.12 bits per heavy atom. The maximum atomic E-state index is 5.96. The van der Waals surface area contributed by atoms with E-state index in [0.717, 1.165) is 25.0 Å². The van der Waals surface area contributed by atoms with Gasteiger partial charge in [-0.3, -0.25) is 4.98 Å². The van der Waals surface area contributed by atoms with Crippen LogP contribution in [0, 0.1) is 0 Å². The molecule has 2 N–H and O–H groups in total. The average molecular weight is 223 g/mol. The van der Waals surface area contributed by atoms with Crippen LogP contribution < -0.4 is 10.5 Å². The normalized spacial score (nSPS) is 12.8. The number of nitrogens with two attached hydrogens (primary N) is 1. The average Bonchev–Trinajstić information content (AvgIpc) is 2.17. The summed E-state index contributed by atoms with van der Waals surface area (Å²) < 4.78 is 5.48. The Morgan fingerprint density at radius 1 is 1.38 bits per heavy atom. The number of nitrogens with zero attached hydrogens (tertiary/aromatic N) is 2. The number of ether oxygens (including phenoxy) is 1. The topological polar surface area (TPSA) is 61.0 Å². The molecule has 1 heterocycles. The summed E-state index contributed by atoms with van der Waals surface area (Å²) in [5.74, 6) is 0.580. The summed E-state index contributed by atoms with van der Waals surface area (Å²) in [5.41, 5.74) is 6.86. The lowest BCUT2D eigenvalue weighted by Crippen LogP contribution is -2.23. The monoisotopic (exact) mass is 223 g/mol. The van der Waals surface area contributed by atoms with E-state index in [0.29, 0.717) is 5.88 Å². The third-order valence-electron chi connectivity index (χ3n) is 2.15. The highest BCUT2D eigenvalue weighted by Crippen LogP contribution is 2.09. The lowest BCUT2D eigenvalue weighted by atomic mass is 10.1. The largest absolute Gasteiger partial charge is 0.474 e. The molecule has 0 aliphatic carbocycles. The zero-order valence-corrected chi connectivity index (χ0v) is 10.3. The van der Waals surface area contributed by atoms with Crippen LogP contribution in [-0.2, 0) is 6.42 Å². The third-order valence-corrected chi connectivity index (χ3v) is 2.15. The minimum absolute atomic E-state index is 0.119. The summed E-state index contributed by atoms with van der Waals surface area (Å²) in [6, 6.07) is 0.161. The molecule has 0 aliphatic rings. The van der Waals surface area contributed by atoms with Crippen molar-refractivity contribution in [3.05, 3.63) is 18.1 Å². The molecule has 1 aromatic heterocycles. The Balaban J connectivity index is 2.59. The van der Waals surface area contributed by atoms with Crippen molar-refractivity contribution < 1.29 is 4.74 Å². The Hall–Kier alpha value is -1.16. The second-order valence-corrected chi connectivity index (χ2v) is 4.27. The van der Waals surface area contributed by atoms with Crippen LogP contribution in [0.4, 0.5) is 0 Å². The molecular weight excluding hydrogens is 202 g/mol. The van der Waals surface area contributed by atoms with Gasteiger partial charge in [0.05, 0.1) is 18.0 Å². The maximum absolute atomic E-state index is 5.96. The molecule has 0 saturated carbocycles. The van der Waals surface area contributed by atoms with Crippen LogP contribution >= 0.6 is 0 Å². The molecule has 1 atom stereocenters. The van der Waals surface area contributed by atoms with Gasteiger partial charge in [0.25, 0.3) is 0 Å². The van der Waals surface area contributed by atoms with Crippen molar-refractivity contribution in [2.75, 3.05) is 0 Å². The molecule has 0 amide bonds. The predicted octanol–water partition coefficient (Wildman–Crippen LogP) is 1.93. The number of rotatable bonds is 6. The first-order valence-electron chi connectivity index (χ1n) is 5.85. The first-order valence-corrected chi connectivity index (χ1v) is 5.85. The third kappa shape index (κ3) is 4.57. The van der Waals surface area contributed by atoms with Crippen molar-refractivity contribution in [1.82, 2.24) is 9.97 Å². The highest BCUT2D eigenvalue weighted by molar-refractivity contribution is 5.09. The van der Waals surface area contributed by atoms with Crippen LogP contribution in [0.5, 0.6) is 5.88 Å². The van der Waals surface area contributed by atoms with E-state index in [-0.39, 0.29) is 12.1 Å². The van der Waals surface area contributed by atoms with Gasteiger partial charge in [0.15, 0.2) is 0 Å². The van der Waals surface area contributed by atoms with Gasteiger partial charge in [-0.15, -0.1) is 0 Å². The molecule has 1 rings (SSSR count). The van der Waals surface area contributed by atoms with Crippen LogP contribution in [0.1, 0.15) is 39.3 Å². The van der Waals surface area contributed by atoms with Gasteiger partial charge >= 0.3 is 0 Å². The molecule has 4 nitrogen and oxygen atoms in total. The van der Waals surface area contributed by atoms with Crippen molar-refractivity contribution >= 4 is 0 Å². The quantitative estimate of drug-likeness (QED) is 0.800. The summed E-state index contributed by atoms with van der Waals surface area (Å²) in [7, 11) is 0. The molecule has 90 valence electrons. The summed E-state index contributed by atoms with van der Waals surface area (Å²) in [4.78, 5) is 8.48. The zero-order chi connectivity index (χ0) is 12.0. The Bertz CT molecular complexity index is 315. The van der Waals surface area contributed by atoms with Crippen molar-refractivity contribution in [3.8, 4) is 5.88 Å². The lowest BCUT2D eigenvalue weighted by molar-refractivity contribution is 0.231. The van der Waals surface area contributed by atoms with Crippen molar-refractivity contribution in [3.63, 3.8) is 0 Å². The number of hydrogen-bond acceptors (Lipinski definition) is 4. The van der Waals surface area contributed by atoms with E-state index in [4.69, 9.17) is 10.5 Å². The van der Waals surface area contributed by atoms with Gasteiger partial charge in [0, 0.05) is 18.7 Å². The number of aromatic nitrogens is 2. The van der Waals surface area contributed by atoms with Gasteiger partial charge in [0.1, 0.15) is 0 Å². The van der Waals surface area contributed by atoms with Crippen LogP contribution in [0.25, 0.3) is 0 Å². The standard InChI is InChI=1S/C12H21N3O/c1-4-5-10(13)6-11-7-14-8-12(15-11)16-9(2)3/h7-10H,4-6,13H2,1-3H3. The van der Waals surface area contributed by atoms with E-state index in [1.54, 1.807) is 12.4 Å². The molecule has 0 bridgehead atoms. The van der Waals surface area contributed by atoms with Crippen LogP contribution in [0.15, 0.2) is 12.4 Å². The fraction of sp³-hybridized carbons (Fsp3) is 0.667. The van der Waals surface area contributed by atoms with Gasteiger partial charge < -0.3 is 10.5 Å². The zero-order valence-electron chi connectivity index (χ0n) is 10.3. The second kappa shape index (κ2) is 6.43. The fourth-order valence-electron chi connectivity index (χ4n) is 1.52. The molecule has 0 aromatic carbocycles. The first-order chi connectivity index (χ1) is 7.61. The van der Waals surface area contributed by atoms with Crippen LogP contribution in [0.2, 0.25) is 0 Å². The molecule has 0 saturated heterocycles. The SMILES string of the molecule is CCCC(N)Cc1cncc(OC(C)C)n1.